The van der Waals surface area contributed by atoms with Gasteiger partial charge < -0.3 is 15.4 Å². The fraction of sp³-hybridized carbons (Fsp3) is 0.0952. The lowest BCUT2D eigenvalue weighted by Crippen LogP contribution is -2.34. The van der Waals surface area contributed by atoms with E-state index in [1.54, 1.807) is 12.1 Å². The number of nitrogens with one attached hydrogen (secondary N) is 2. The summed E-state index contributed by atoms with van der Waals surface area (Å²) in [5, 5.41) is 14.9. The Bertz CT molecular complexity index is 939. The molecule has 0 fully saturated rings. The van der Waals surface area contributed by atoms with Crippen molar-refractivity contribution in [3.63, 3.8) is 0 Å². The van der Waals surface area contributed by atoms with Crippen molar-refractivity contribution in [2.24, 2.45) is 0 Å². The summed E-state index contributed by atoms with van der Waals surface area (Å²) in [6.45, 7) is 3.79. The van der Waals surface area contributed by atoms with Crippen molar-refractivity contribution < 1.29 is 14.3 Å². The van der Waals surface area contributed by atoms with Crippen molar-refractivity contribution in [2.75, 3.05) is 13.1 Å². The number of benzene rings is 2. The molecule has 0 aliphatic carbocycles. The predicted molar refractivity (Wildman–Crippen MR) is 101 cm³/mol. The number of carbonyl (C=O) groups is 2. The molecule has 2 N–H and O–H groups in total. The summed E-state index contributed by atoms with van der Waals surface area (Å²) in [6.07, 6.45) is 1.15. The third kappa shape index (κ3) is 3.72. The molecule has 0 radical (unpaired) electrons. The molecular formula is C21H17N3O3. The van der Waals surface area contributed by atoms with Crippen molar-refractivity contribution in [1.82, 2.24) is 10.6 Å². The van der Waals surface area contributed by atoms with Crippen LogP contribution in [0, 0.1) is 11.3 Å². The van der Waals surface area contributed by atoms with Crippen molar-refractivity contribution >= 4 is 17.4 Å². The first-order chi connectivity index (χ1) is 13.2. The van der Waals surface area contributed by atoms with E-state index in [1.807, 2.05) is 42.5 Å². The largest absolute Gasteiger partial charge is 0.456 e. The lowest BCUT2D eigenvalue weighted by molar-refractivity contribution is -0.118. The fourth-order valence-corrected chi connectivity index (χ4v) is 2.80. The van der Waals surface area contributed by atoms with Gasteiger partial charge in [-0.2, -0.15) is 5.26 Å². The molecule has 2 amide bonds. The molecular weight excluding hydrogens is 342 g/mol. The highest BCUT2D eigenvalue weighted by atomic mass is 16.5. The van der Waals surface area contributed by atoms with E-state index in [-0.39, 0.29) is 24.6 Å². The normalized spacial score (nSPS) is 11.1. The molecule has 1 aliphatic rings. The van der Waals surface area contributed by atoms with Crippen LogP contribution in [0.1, 0.15) is 11.1 Å². The first-order valence-corrected chi connectivity index (χ1v) is 8.35. The summed E-state index contributed by atoms with van der Waals surface area (Å²) in [5.41, 5.74) is 1.89. The van der Waals surface area contributed by atoms with E-state index < -0.39 is 5.91 Å². The van der Waals surface area contributed by atoms with Gasteiger partial charge >= 0.3 is 0 Å². The Kier molecular flexibility index (Phi) is 5.33. The van der Waals surface area contributed by atoms with Crippen LogP contribution in [0.2, 0.25) is 0 Å². The van der Waals surface area contributed by atoms with E-state index in [1.165, 1.54) is 0 Å². The molecule has 1 aliphatic heterocycles. The molecule has 1 heterocycles. The summed E-state index contributed by atoms with van der Waals surface area (Å²) in [5.74, 6) is 0.345. The second-order valence-electron chi connectivity index (χ2n) is 5.71. The van der Waals surface area contributed by atoms with Gasteiger partial charge in [0, 0.05) is 29.8 Å². The van der Waals surface area contributed by atoms with Gasteiger partial charge in [-0.15, -0.1) is 0 Å². The number of nitriles is 1. The van der Waals surface area contributed by atoms with Gasteiger partial charge in [0.1, 0.15) is 23.1 Å². The highest BCUT2D eigenvalue weighted by molar-refractivity contribution is 6.09. The summed E-state index contributed by atoms with van der Waals surface area (Å²) in [4.78, 5) is 23.8. The number of rotatable bonds is 5. The molecule has 2 aromatic rings. The Hall–Kier alpha value is -3.85. The van der Waals surface area contributed by atoms with E-state index in [4.69, 9.17) is 4.74 Å². The van der Waals surface area contributed by atoms with Gasteiger partial charge in [-0.3, -0.25) is 9.59 Å². The van der Waals surface area contributed by atoms with E-state index >= 15 is 0 Å². The van der Waals surface area contributed by atoms with Crippen molar-refractivity contribution in [3.8, 4) is 17.6 Å². The van der Waals surface area contributed by atoms with E-state index in [0.717, 1.165) is 6.08 Å². The zero-order valence-corrected chi connectivity index (χ0v) is 14.5. The molecule has 0 atom stereocenters. The van der Waals surface area contributed by atoms with Crippen LogP contribution < -0.4 is 15.4 Å². The topological polar surface area (TPSA) is 91.2 Å². The Labute approximate surface area is 156 Å². The predicted octanol–water partition coefficient (Wildman–Crippen LogP) is 2.54. The highest BCUT2D eigenvalue weighted by Crippen LogP contribution is 2.44. The number of para-hydroxylation sites is 2. The van der Waals surface area contributed by atoms with Crippen LogP contribution >= 0.6 is 0 Å². The molecule has 6 nitrogen and oxygen atoms in total. The highest BCUT2D eigenvalue weighted by Gasteiger charge is 2.27. The van der Waals surface area contributed by atoms with Gasteiger partial charge in [-0.1, -0.05) is 43.0 Å². The van der Waals surface area contributed by atoms with Crippen LogP contribution in [-0.4, -0.2) is 24.9 Å². The Balaban J connectivity index is 1.94. The van der Waals surface area contributed by atoms with Crippen LogP contribution in [0.4, 0.5) is 0 Å². The van der Waals surface area contributed by atoms with Gasteiger partial charge in [-0.25, -0.2) is 0 Å². The van der Waals surface area contributed by atoms with E-state index in [0.29, 0.717) is 28.2 Å². The Morgan fingerprint density at radius 3 is 2.11 bits per heavy atom. The first-order valence-electron chi connectivity index (χ1n) is 8.35. The van der Waals surface area contributed by atoms with Crippen molar-refractivity contribution in [1.29, 1.82) is 5.26 Å². The monoisotopic (exact) mass is 359 g/mol. The minimum atomic E-state index is -0.508. The van der Waals surface area contributed by atoms with Gasteiger partial charge in [0.15, 0.2) is 0 Å². The van der Waals surface area contributed by atoms with Crippen LogP contribution in [0.25, 0.3) is 5.57 Å². The number of hydrogen-bond acceptors (Lipinski definition) is 4. The molecule has 6 heteroatoms. The molecule has 0 spiro atoms. The maximum atomic E-state index is 12.6. The second-order valence-corrected chi connectivity index (χ2v) is 5.71. The molecule has 27 heavy (non-hydrogen) atoms. The molecule has 2 aromatic carbocycles. The summed E-state index contributed by atoms with van der Waals surface area (Å²) in [7, 11) is 0. The molecule has 0 bridgehead atoms. The smallest absolute Gasteiger partial charge is 0.262 e. The van der Waals surface area contributed by atoms with Crippen LogP contribution in [-0.2, 0) is 9.59 Å². The number of fused-ring (bicyclic) bond motifs is 2. The molecule has 0 unspecified atom stereocenters. The summed E-state index contributed by atoms with van der Waals surface area (Å²) < 4.78 is 5.89. The standard InChI is InChI=1S/C21H17N3O3/c1-2-19(25)23-11-12-24-21(26)16(13-22)20-14-7-3-5-9-17(14)27-18-10-6-4-8-15(18)20/h2-10H,1,11-12H2,(H,23,25)(H,24,26). The average molecular weight is 359 g/mol. The summed E-state index contributed by atoms with van der Waals surface area (Å²) in [6, 6.07) is 16.6. The molecule has 0 saturated heterocycles. The van der Waals surface area contributed by atoms with Gasteiger partial charge in [0.2, 0.25) is 5.91 Å². The number of carbonyl (C=O) groups excluding carboxylic acids is 2. The van der Waals surface area contributed by atoms with Gasteiger partial charge in [-0.05, 0) is 18.2 Å². The maximum absolute atomic E-state index is 12.6. The number of nitrogens with zero attached hydrogens (tertiary/aromatic N) is 1. The minimum Gasteiger partial charge on any atom is -0.456 e. The molecule has 134 valence electrons. The SMILES string of the molecule is C=CC(=O)NCCNC(=O)C(C#N)=C1c2ccccc2Oc2ccccc21. The van der Waals surface area contributed by atoms with Crippen LogP contribution in [0.3, 0.4) is 0 Å². The van der Waals surface area contributed by atoms with Crippen molar-refractivity contribution in [2.45, 2.75) is 0 Å². The van der Waals surface area contributed by atoms with Gasteiger partial charge in [0.05, 0.1) is 0 Å². The zero-order valence-electron chi connectivity index (χ0n) is 14.5. The van der Waals surface area contributed by atoms with Gasteiger partial charge in [0.25, 0.3) is 5.91 Å². The second kappa shape index (κ2) is 8.02. The lowest BCUT2D eigenvalue weighted by atomic mass is 9.90. The average Bonchev–Trinajstić information content (AvgIpc) is 2.71. The lowest BCUT2D eigenvalue weighted by Gasteiger charge is -2.23. The van der Waals surface area contributed by atoms with Crippen LogP contribution in [0.15, 0.2) is 66.8 Å². The number of hydrogen-bond donors (Lipinski definition) is 2. The number of amides is 2. The third-order valence-corrected chi connectivity index (χ3v) is 4.02. The quantitative estimate of drug-likeness (QED) is 0.416. The zero-order chi connectivity index (χ0) is 19.2. The molecule has 0 saturated carbocycles. The maximum Gasteiger partial charge on any atom is 0.262 e. The van der Waals surface area contributed by atoms with E-state index in [9.17, 15) is 14.9 Å². The third-order valence-electron chi connectivity index (χ3n) is 4.02. The van der Waals surface area contributed by atoms with Crippen molar-refractivity contribution in [3.05, 3.63) is 77.9 Å². The number of ether oxygens (including phenoxy) is 1. The first kappa shape index (κ1) is 18.0. The van der Waals surface area contributed by atoms with E-state index in [2.05, 4.69) is 17.2 Å². The summed E-state index contributed by atoms with van der Waals surface area (Å²) >= 11 is 0. The molecule has 3 rings (SSSR count). The molecule has 0 aromatic heterocycles. The Morgan fingerprint density at radius 2 is 1.56 bits per heavy atom. The Morgan fingerprint density at radius 1 is 1.00 bits per heavy atom. The minimum absolute atomic E-state index is 0.00625. The van der Waals surface area contributed by atoms with Crippen LogP contribution in [0.5, 0.6) is 11.5 Å². The fourth-order valence-electron chi connectivity index (χ4n) is 2.80.